The van der Waals surface area contributed by atoms with E-state index < -0.39 is 17.4 Å². The van der Waals surface area contributed by atoms with Crippen LogP contribution in [0.3, 0.4) is 0 Å². The molecule has 0 radical (unpaired) electrons. The quantitative estimate of drug-likeness (QED) is 0.453. The molecule has 0 fully saturated rings. The summed E-state index contributed by atoms with van der Waals surface area (Å²) in [5, 5.41) is 0. The number of carbonyl (C=O) groups is 2. The molecule has 0 spiro atoms. The van der Waals surface area contributed by atoms with E-state index in [4.69, 9.17) is 9.47 Å². The molecule has 0 amide bonds. The molecule has 4 nitrogen and oxygen atoms in total. The van der Waals surface area contributed by atoms with Crippen LogP contribution in [-0.4, -0.2) is 25.2 Å². The molecule has 0 saturated carbocycles. The van der Waals surface area contributed by atoms with Crippen LogP contribution in [0, 0.1) is 11.3 Å². The summed E-state index contributed by atoms with van der Waals surface area (Å²) in [5.41, 5.74) is -1.18. The Bertz CT molecular complexity index is 281. The number of unbranched alkanes of at least 4 members (excludes halogenated alkanes) is 1. The van der Waals surface area contributed by atoms with E-state index in [2.05, 4.69) is 13.8 Å². The Morgan fingerprint density at radius 1 is 1.00 bits per heavy atom. The summed E-state index contributed by atoms with van der Waals surface area (Å²) < 4.78 is 10.2. The first-order valence-corrected chi connectivity index (χ1v) is 7.80. The SMILES string of the molecule is CCCCC(CC)CC(C)(C(=O)OCC)C(=O)OCC. The highest BCUT2D eigenvalue weighted by molar-refractivity contribution is 5.99. The lowest BCUT2D eigenvalue weighted by Crippen LogP contribution is -2.41. The summed E-state index contributed by atoms with van der Waals surface area (Å²) in [7, 11) is 0. The number of hydrogen-bond acceptors (Lipinski definition) is 4. The fraction of sp³-hybridized carbons (Fsp3) is 0.875. The summed E-state index contributed by atoms with van der Waals surface area (Å²) in [6.45, 7) is 9.94. The van der Waals surface area contributed by atoms with E-state index in [9.17, 15) is 9.59 Å². The summed E-state index contributed by atoms with van der Waals surface area (Å²) in [4.78, 5) is 24.4. The molecule has 0 aromatic heterocycles. The molecule has 0 heterocycles. The van der Waals surface area contributed by atoms with E-state index >= 15 is 0 Å². The smallest absolute Gasteiger partial charge is 0.323 e. The molecule has 0 N–H and O–H groups in total. The van der Waals surface area contributed by atoms with E-state index in [1.54, 1.807) is 20.8 Å². The molecule has 118 valence electrons. The topological polar surface area (TPSA) is 52.6 Å². The fourth-order valence-electron chi connectivity index (χ4n) is 2.35. The van der Waals surface area contributed by atoms with Crippen LogP contribution in [0.5, 0.6) is 0 Å². The van der Waals surface area contributed by atoms with Crippen molar-refractivity contribution in [2.45, 2.75) is 66.7 Å². The number of ether oxygens (including phenoxy) is 2. The Kier molecular flexibility index (Phi) is 9.26. The number of esters is 2. The van der Waals surface area contributed by atoms with Crippen molar-refractivity contribution in [3.8, 4) is 0 Å². The normalized spacial score (nSPS) is 12.8. The van der Waals surface area contributed by atoms with Gasteiger partial charge in [-0.2, -0.15) is 0 Å². The predicted molar refractivity (Wildman–Crippen MR) is 79.3 cm³/mol. The van der Waals surface area contributed by atoms with Gasteiger partial charge in [-0.1, -0.05) is 39.5 Å². The van der Waals surface area contributed by atoms with E-state index in [1.165, 1.54) is 0 Å². The Balaban J connectivity index is 4.99. The van der Waals surface area contributed by atoms with Gasteiger partial charge in [0.15, 0.2) is 5.41 Å². The number of rotatable bonds is 10. The second kappa shape index (κ2) is 9.78. The van der Waals surface area contributed by atoms with Gasteiger partial charge in [0.1, 0.15) is 0 Å². The lowest BCUT2D eigenvalue weighted by atomic mass is 9.78. The second-order valence-electron chi connectivity index (χ2n) is 5.39. The molecule has 0 aromatic rings. The molecule has 20 heavy (non-hydrogen) atoms. The lowest BCUT2D eigenvalue weighted by Gasteiger charge is -2.28. The van der Waals surface area contributed by atoms with Gasteiger partial charge in [0, 0.05) is 0 Å². The van der Waals surface area contributed by atoms with Gasteiger partial charge in [0.2, 0.25) is 0 Å². The molecular weight excluding hydrogens is 256 g/mol. The van der Waals surface area contributed by atoms with Gasteiger partial charge in [-0.3, -0.25) is 9.59 Å². The average Bonchev–Trinajstić information content (AvgIpc) is 2.43. The molecule has 0 aromatic carbocycles. The standard InChI is InChI=1S/C16H30O4/c1-6-10-11-13(7-2)12-16(5,14(17)19-8-3)15(18)20-9-4/h13H,6-12H2,1-5H3. The van der Waals surface area contributed by atoms with Crippen molar-refractivity contribution < 1.29 is 19.1 Å². The van der Waals surface area contributed by atoms with Crippen LogP contribution in [0.4, 0.5) is 0 Å². The van der Waals surface area contributed by atoms with Gasteiger partial charge in [0.05, 0.1) is 13.2 Å². The molecule has 1 atom stereocenters. The molecule has 1 unspecified atom stereocenters. The summed E-state index contributed by atoms with van der Waals surface area (Å²) in [6, 6.07) is 0. The molecule has 0 saturated heterocycles. The lowest BCUT2D eigenvalue weighted by molar-refractivity contribution is -0.172. The number of hydrogen-bond donors (Lipinski definition) is 0. The minimum atomic E-state index is -1.18. The maximum absolute atomic E-state index is 12.2. The van der Waals surface area contributed by atoms with Crippen molar-refractivity contribution >= 4 is 11.9 Å². The molecule has 0 rings (SSSR count). The highest BCUT2D eigenvalue weighted by Gasteiger charge is 2.45. The van der Waals surface area contributed by atoms with Crippen LogP contribution in [0.15, 0.2) is 0 Å². The zero-order valence-electron chi connectivity index (χ0n) is 13.7. The van der Waals surface area contributed by atoms with Crippen molar-refractivity contribution in [1.82, 2.24) is 0 Å². The summed E-state index contributed by atoms with van der Waals surface area (Å²) in [5.74, 6) is -0.587. The third kappa shape index (κ3) is 5.51. The van der Waals surface area contributed by atoms with Crippen LogP contribution >= 0.6 is 0 Å². The first kappa shape index (κ1) is 18.9. The first-order chi connectivity index (χ1) is 9.46. The van der Waals surface area contributed by atoms with Gasteiger partial charge in [-0.25, -0.2) is 0 Å². The summed E-state index contributed by atoms with van der Waals surface area (Å²) >= 11 is 0. The van der Waals surface area contributed by atoms with Gasteiger partial charge in [0.25, 0.3) is 0 Å². The van der Waals surface area contributed by atoms with Gasteiger partial charge in [-0.15, -0.1) is 0 Å². The highest BCUT2D eigenvalue weighted by atomic mass is 16.6. The van der Waals surface area contributed by atoms with E-state index in [0.29, 0.717) is 12.3 Å². The highest BCUT2D eigenvalue weighted by Crippen LogP contribution is 2.33. The monoisotopic (exact) mass is 286 g/mol. The van der Waals surface area contributed by atoms with E-state index in [0.717, 1.165) is 25.7 Å². The maximum atomic E-state index is 12.2. The maximum Gasteiger partial charge on any atom is 0.323 e. The Morgan fingerprint density at radius 3 is 1.85 bits per heavy atom. The van der Waals surface area contributed by atoms with Crippen LogP contribution in [0.2, 0.25) is 0 Å². The zero-order valence-corrected chi connectivity index (χ0v) is 13.7. The van der Waals surface area contributed by atoms with Crippen molar-refractivity contribution in [1.29, 1.82) is 0 Å². The first-order valence-electron chi connectivity index (χ1n) is 7.80. The third-order valence-electron chi connectivity index (χ3n) is 3.69. The molecule has 0 bridgehead atoms. The minimum Gasteiger partial charge on any atom is -0.465 e. The van der Waals surface area contributed by atoms with Crippen molar-refractivity contribution in [2.75, 3.05) is 13.2 Å². The van der Waals surface area contributed by atoms with Crippen molar-refractivity contribution in [3.05, 3.63) is 0 Å². The predicted octanol–water partition coefficient (Wildman–Crippen LogP) is 3.73. The van der Waals surface area contributed by atoms with Gasteiger partial charge < -0.3 is 9.47 Å². The van der Waals surface area contributed by atoms with E-state index in [-0.39, 0.29) is 13.2 Å². The summed E-state index contributed by atoms with van der Waals surface area (Å²) in [6.07, 6.45) is 4.71. The van der Waals surface area contributed by atoms with Crippen LogP contribution in [-0.2, 0) is 19.1 Å². The molecular formula is C16H30O4. The Hall–Kier alpha value is -1.06. The Morgan fingerprint density at radius 2 is 1.50 bits per heavy atom. The zero-order chi connectivity index (χ0) is 15.6. The average molecular weight is 286 g/mol. The van der Waals surface area contributed by atoms with Crippen molar-refractivity contribution in [3.63, 3.8) is 0 Å². The van der Waals surface area contributed by atoms with Crippen LogP contribution in [0.25, 0.3) is 0 Å². The fourth-order valence-corrected chi connectivity index (χ4v) is 2.35. The van der Waals surface area contributed by atoms with Crippen LogP contribution in [0.1, 0.15) is 66.7 Å². The van der Waals surface area contributed by atoms with Crippen molar-refractivity contribution in [2.24, 2.45) is 11.3 Å². The second-order valence-corrected chi connectivity index (χ2v) is 5.39. The largest absolute Gasteiger partial charge is 0.465 e. The Labute approximate surface area is 123 Å². The van der Waals surface area contributed by atoms with Gasteiger partial charge >= 0.3 is 11.9 Å². The third-order valence-corrected chi connectivity index (χ3v) is 3.69. The minimum absolute atomic E-state index is 0.277. The van der Waals surface area contributed by atoms with Crippen LogP contribution < -0.4 is 0 Å². The molecule has 0 aliphatic rings. The van der Waals surface area contributed by atoms with E-state index in [1.807, 2.05) is 0 Å². The van der Waals surface area contributed by atoms with Gasteiger partial charge in [-0.05, 0) is 33.1 Å². The molecule has 0 aliphatic carbocycles. The number of carbonyl (C=O) groups excluding carboxylic acids is 2. The molecule has 4 heteroatoms. The molecule has 0 aliphatic heterocycles.